The van der Waals surface area contributed by atoms with Crippen molar-refractivity contribution in [1.29, 1.82) is 0 Å². The normalized spacial score (nSPS) is 20.4. The number of H-pyrrole nitrogens is 1. The minimum Gasteiger partial charge on any atom is -0.492 e. The van der Waals surface area contributed by atoms with Crippen LogP contribution in [-0.4, -0.2) is 78.0 Å². The monoisotopic (exact) mass is 586 g/mol. The third kappa shape index (κ3) is 5.23. The third-order valence-corrected chi connectivity index (χ3v) is 8.16. The Morgan fingerprint density at radius 1 is 1.33 bits per heavy atom. The Balaban J connectivity index is 1.40. The van der Waals surface area contributed by atoms with Crippen molar-refractivity contribution in [3.63, 3.8) is 0 Å². The van der Waals surface area contributed by atoms with Gasteiger partial charge < -0.3 is 30.2 Å². The maximum absolute atomic E-state index is 14.6. The van der Waals surface area contributed by atoms with Crippen molar-refractivity contribution in [3.8, 4) is 28.8 Å². The number of hydrogen-bond acceptors (Lipinski definition) is 6. The lowest BCUT2D eigenvalue weighted by Crippen LogP contribution is -2.46. The molecule has 3 aliphatic heterocycles. The quantitative estimate of drug-likeness (QED) is 0.287. The highest BCUT2D eigenvalue weighted by molar-refractivity contribution is 6.06. The van der Waals surface area contributed by atoms with Gasteiger partial charge in [0.05, 0.1) is 35.3 Å². The highest BCUT2D eigenvalue weighted by atomic mass is 19.1. The maximum atomic E-state index is 14.6. The van der Waals surface area contributed by atoms with Crippen LogP contribution in [0.5, 0.6) is 5.75 Å². The average Bonchev–Trinajstić information content (AvgIpc) is 3.62. The zero-order valence-corrected chi connectivity index (χ0v) is 24.2. The fourth-order valence-electron chi connectivity index (χ4n) is 6.20. The maximum Gasteiger partial charge on any atom is 0.255 e. The molecule has 3 N–H and O–H groups in total. The van der Waals surface area contributed by atoms with E-state index < -0.39 is 17.2 Å². The van der Waals surface area contributed by atoms with Crippen LogP contribution < -0.4 is 15.4 Å². The number of nitrogens with zero attached hydrogens (tertiary/aromatic N) is 3. The molecule has 0 radical (unpaired) electrons. The van der Waals surface area contributed by atoms with E-state index in [1.54, 1.807) is 24.5 Å². The average molecular weight is 587 g/mol. The van der Waals surface area contributed by atoms with Gasteiger partial charge in [-0.2, -0.15) is 0 Å². The lowest BCUT2D eigenvalue weighted by Gasteiger charge is -2.37. The number of ether oxygens (including phenoxy) is 1. The largest absolute Gasteiger partial charge is 0.492 e. The summed E-state index contributed by atoms with van der Waals surface area (Å²) in [5.74, 6) is 4.89. The van der Waals surface area contributed by atoms with Crippen molar-refractivity contribution in [3.05, 3.63) is 71.2 Å². The molecule has 2 bridgehead atoms. The van der Waals surface area contributed by atoms with Crippen molar-refractivity contribution in [1.82, 2.24) is 25.1 Å². The number of aromatic amines is 1. The van der Waals surface area contributed by atoms with Crippen molar-refractivity contribution in [2.75, 3.05) is 46.2 Å². The molecule has 9 nitrogen and oxygen atoms in total. The molecule has 222 valence electrons. The molecule has 1 saturated carbocycles. The van der Waals surface area contributed by atoms with Gasteiger partial charge in [-0.15, -0.1) is 0 Å². The Kier molecular flexibility index (Phi) is 7.40. The minimum absolute atomic E-state index is 0.0324. The number of aromatic nitrogens is 2. The fourth-order valence-corrected chi connectivity index (χ4v) is 6.20. The number of anilines is 2. The topological polar surface area (TPSA) is 103 Å². The second-order valence-electron chi connectivity index (χ2n) is 11.4. The molecule has 1 aromatic carbocycles. The van der Waals surface area contributed by atoms with E-state index in [4.69, 9.17) is 4.74 Å². The van der Waals surface area contributed by atoms with Gasteiger partial charge in [0, 0.05) is 67.9 Å². The molecule has 0 spiro atoms. The van der Waals surface area contributed by atoms with Crippen LogP contribution in [0.1, 0.15) is 34.5 Å². The van der Waals surface area contributed by atoms with Gasteiger partial charge in [0.1, 0.15) is 11.4 Å². The van der Waals surface area contributed by atoms with Crippen molar-refractivity contribution in [2.24, 2.45) is 5.92 Å². The van der Waals surface area contributed by atoms with E-state index in [-0.39, 0.29) is 23.3 Å². The molecule has 1 aliphatic carbocycles. The van der Waals surface area contributed by atoms with Gasteiger partial charge in [-0.25, -0.2) is 8.78 Å². The summed E-state index contributed by atoms with van der Waals surface area (Å²) >= 11 is 0. The standard InChI is InChI=1S/C32H32F2N6O3/c1-39(2)12-4-5-26(41)40-18-19-15-32(40,16-19)9-6-20-17-35-10-7-22(20)28-29(27-24(37-28)8-11-36-31(27)42)38-25-14-21(33)13-23(34)30(25)43-3/h4-5,7,10,13-14,17,19,37-38H,8,11-12,15-16,18H2,1-3H3,(H,36,42)/b5-4+. The summed E-state index contributed by atoms with van der Waals surface area (Å²) in [6, 6.07) is 3.63. The molecule has 43 heavy (non-hydrogen) atoms. The highest BCUT2D eigenvalue weighted by Gasteiger charge is 2.56. The van der Waals surface area contributed by atoms with Gasteiger partial charge in [0.15, 0.2) is 11.6 Å². The first kappa shape index (κ1) is 28.4. The van der Waals surface area contributed by atoms with Crippen molar-refractivity contribution in [2.45, 2.75) is 24.8 Å². The Morgan fingerprint density at radius 2 is 2.14 bits per heavy atom. The van der Waals surface area contributed by atoms with E-state index in [0.29, 0.717) is 65.7 Å². The van der Waals surface area contributed by atoms with Crippen molar-refractivity contribution >= 4 is 23.2 Å². The molecular formula is C32H32F2N6O3. The molecule has 2 amide bonds. The number of rotatable bonds is 7. The third-order valence-electron chi connectivity index (χ3n) is 8.16. The number of nitrogens with one attached hydrogen (secondary N) is 3. The molecule has 0 unspecified atom stereocenters. The zero-order valence-electron chi connectivity index (χ0n) is 24.2. The van der Waals surface area contributed by atoms with E-state index in [1.807, 2.05) is 30.0 Å². The molecule has 11 heteroatoms. The number of pyridine rings is 1. The van der Waals surface area contributed by atoms with Crippen LogP contribution in [0, 0.1) is 29.4 Å². The number of hydrogen-bond donors (Lipinski definition) is 3. The molecule has 2 saturated heterocycles. The molecule has 7 rings (SSSR count). The predicted molar refractivity (Wildman–Crippen MR) is 158 cm³/mol. The van der Waals surface area contributed by atoms with Crippen LogP contribution in [0.15, 0.2) is 42.7 Å². The molecule has 2 aromatic heterocycles. The van der Waals surface area contributed by atoms with E-state index in [9.17, 15) is 18.4 Å². The van der Waals surface area contributed by atoms with E-state index in [0.717, 1.165) is 25.0 Å². The Hall–Kier alpha value is -4.69. The number of halogens is 2. The number of likely N-dealkylation sites (N-methyl/N-ethyl adjacent to an activating group) is 1. The van der Waals surface area contributed by atoms with Gasteiger partial charge in [-0.1, -0.05) is 17.9 Å². The second-order valence-corrected chi connectivity index (χ2v) is 11.4. The minimum atomic E-state index is -0.874. The van der Waals surface area contributed by atoms with Crippen LogP contribution in [0.25, 0.3) is 11.3 Å². The number of methoxy groups -OCH3 is 1. The number of carbonyl (C=O) groups is 2. The van der Waals surface area contributed by atoms with Crippen molar-refractivity contribution < 1.29 is 23.1 Å². The van der Waals surface area contributed by atoms with E-state index in [2.05, 4.69) is 32.4 Å². The first-order chi connectivity index (χ1) is 20.7. The number of amides is 2. The fraction of sp³-hybridized carbons (Fsp3) is 0.344. The first-order valence-electron chi connectivity index (χ1n) is 14.1. The summed E-state index contributed by atoms with van der Waals surface area (Å²) in [4.78, 5) is 37.6. The zero-order chi connectivity index (χ0) is 30.3. The summed E-state index contributed by atoms with van der Waals surface area (Å²) in [5.41, 5.74) is 2.63. The lowest BCUT2D eigenvalue weighted by molar-refractivity contribution is -0.127. The van der Waals surface area contributed by atoms with E-state index >= 15 is 0 Å². The SMILES string of the molecule is COc1c(F)cc(F)cc1Nc1c(-c2ccncc2C#CC23CC(CN2C(=O)/C=C/CN(C)C)C3)[nH]c2c1C(=O)NCC2. The molecule has 5 heterocycles. The smallest absolute Gasteiger partial charge is 0.255 e. The van der Waals surface area contributed by atoms with Crippen LogP contribution in [0.3, 0.4) is 0 Å². The summed E-state index contributed by atoms with van der Waals surface area (Å²) in [6.45, 7) is 1.80. The Bertz CT molecular complexity index is 1700. The Morgan fingerprint density at radius 3 is 2.91 bits per heavy atom. The van der Waals surface area contributed by atoms with E-state index in [1.165, 1.54) is 7.11 Å². The number of carbonyl (C=O) groups excluding carboxylic acids is 2. The number of fused-ring (bicyclic) bond motifs is 2. The van der Waals surface area contributed by atoms with Crippen LogP contribution in [-0.2, 0) is 11.2 Å². The summed E-state index contributed by atoms with van der Waals surface area (Å²) in [7, 11) is 5.18. The molecular weight excluding hydrogens is 554 g/mol. The molecule has 3 fully saturated rings. The predicted octanol–water partition coefficient (Wildman–Crippen LogP) is 3.85. The van der Waals surface area contributed by atoms with Gasteiger partial charge in [0.2, 0.25) is 5.91 Å². The molecule has 4 aliphatic rings. The van der Waals surface area contributed by atoms with Crippen LogP contribution in [0.4, 0.5) is 20.2 Å². The molecule has 3 aromatic rings. The van der Waals surface area contributed by atoms with Crippen LogP contribution in [0.2, 0.25) is 0 Å². The second kappa shape index (κ2) is 11.2. The highest BCUT2D eigenvalue weighted by Crippen LogP contribution is 2.50. The van der Waals surface area contributed by atoms with Gasteiger partial charge in [0.25, 0.3) is 5.91 Å². The summed E-state index contributed by atoms with van der Waals surface area (Å²) < 4.78 is 34.1. The van der Waals surface area contributed by atoms with Gasteiger partial charge in [-0.05, 0) is 38.9 Å². The Labute approximate surface area is 248 Å². The van der Waals surface area contributed by atoms with Gasteiger partial charge >= 0.3 is 0 Å². The summed E-state index contributed by atoms with van der Waals surface area (Å²) in [6.07, 6.45) is 8.91. The summed E-state index contributed by atoms with van der Waals surface area (Å²) in [5, 5.41) is 5.91. The van der Waals surface area contributed by atoms with Gasteiger partial charge in [-0.3, -0.25) is 14.6 Å². The number of benzene rings is 1. The molecule has 0 atom stereocenters. The lowest BCUT2D eigenvalue weighted by atomic mass is 9.73. The van der Waals surface area contributed by atoms with Crippen LogP contribution >= 0.6 is 0 Å². The first-order valence-corrected chi connectivity index (χ1v) is 14.1.